The van der Waals surface area contributed by atoms with Gasteiger partial charge in [-0.2, -0.15) is 0 Å². The summed E-state index contributed by atoms with van der Waals surface area (Å²) in [7, 11) is 0. The summed E-state index contributed by atoms with van der Waals surface area (Å²) in [5.41, 5.74) is 3.16. The maximum Gasteiger partial charge on any atom is 0.188 e. The quantitative estimate of drug-likeness (QED) is 0.433. The molecule has 0 bridgehead atoms. The first kappa shape index (κ1) is 15.9. The van der Waals surface area contributed by atoms with E-state index in [0.29, 0.717) is 16.8 Å². The minimum Gasteiger partial charge on any atom is -0.345 e. The molecule has 0 aliphatic rings. The Balaban J connectivity index is 1.60. The number of aromatic nitrogens is 3. The van der Waals surface area contributed by atoms with E-state index < -0.39 is 0 Å². The molecule has 3 aromatic heterocycles. The Kier molecular flexibility index (Phi) is 4.11. The van der Waals surface area contributed by atoms with Crippen LogP contribution in [0.3, 0.4) is 0 Å². The molecule has 4 rings (SSSR count). The van der Waals surface area contributed by atoms with Gasteiger partial charge in [-0.15, -0.1) is 0 Å². The molecule has 1 N–H and O–H groups in total. The van der Waals surface area contributed by atoms with E-state index in [1.165, 1.54) is 18.2 Å². The number of rotatable bonds is 4. The van der Waals surface area contributed by atoms with Crippen LogP contribution in [0.5, 0.6) is 0 Å². The Morgan fingerprint density at radius 2 is 1.88 bits per heavy atom. The Labute approximate surface area is 149 Å². The number of allylic oxidation sites excluding steroid dienone is 1. The van der Waals surface area contributed by atoms with Crippen LogP contribution in [0.25, 0.3) is 28.2 Å². The van der Waals surface area contributed by atoms with E-state index in [2.05, 4.69) is 15.0 Å². The molecule has 0 amide bonds. The third-order valence-corrected chi connectivity index (χ3v) is 4.14. The molecule has 0 unspecified atom stereocenters. The second-order valence-corrected chi connectivity index (χ2v) is 5.77. The molecule has 3 heterocycles. The second-order valence-electron chi connectivity index (χ2n) is 5.77. The minimum absolute atomic E-state index is 0.207. The largest absolute Gasteiger partial charge is 0.345 e. The topological polar surface area (TPSA) is 58.6 Å². The zero-order chi connectivity index (χ0) is 17.9. The van der Waals surface area contributed by atoms with Gasteiger partial charge in [0.25, 0.3) is 0 Å². The van der Waals surface area contributed by atoms with Gasteiger partial charge in [-0.1, -0.05) is 12.1 Å². The molecule has 4 aromatic rings. The van der Waals surface area contributed by atoms with Crippen LogP contribution in [0.4, 0.5) is 4.39 Å². The average molecular weight is 343 g/mol. The van der Waals surface area contributed by atoms with Crippen LogP contribution in [-0.4, -0.2) is 20.7 Å². The average Bonchev–Trinajstić information content (AvgIpc) is 3.12. The van der Waals surface area contributed by atoms with E-state index in [-0.39, 0.29) is 11.6 Å². The maximum absolute atomic E-state index is 14.4. The van der Waals surface area contributed by atoms with Crippen molar-refractivity contribution in [3.8, 4) is 11.1 Å². The molecule has 1 aromatic carbocycles. The molecule has 0 fully saturated rings. The summed E-state index contributed by atoms with van der Waals surface area (Å²) >= 11 is 0. The number of aromatic amines is 1. The van der Waals surface area contributed by atoms with Crippen molar-refractivity contribution in [3.63, 3.8) is 0 Å². The Morgan fingerprint density at radius 1 is 1.04 bits per heavy atom. The van der Waals surface area contributed by atoms with Crippen LogP contribution in [-0.2, 0) is 0 Å². The SMILES string of the molecule is O=C(/C=C/c1ccc(-c2ccncc2)cc1F)c1c[nH]c2ncccc12. The lowest BCUT2D eigenvalue weighted by Gasteiger charge is -2.03. The van der Waals surface area contributed by atoms with Gasteiger partial charge in [-0.05, 0) is 53.6 Å². The van der Waals surface area contributed by atoms with Crippen LogP contribution in [0.1, 0.15) is 15.9 Å². The third kappa shape index (κ3) is 3.02. The highest BCUT2D eigenvalue weighted by molar-refractivity contribution is 6.14. The Morgan fingerprint density at radius 3 is 2.69 bits per heavy atom. The standard InChI is InChI=1S/C21H14FN3O/c22-19-12-16(14-7-10-23-11-8-14)4-3-15(19)5-6-20(26)18-13-25-21-17(18)2-1-9-24-21/h1-13H,(H,24,25)/b6-5+. The number of pyridine rings is 2. The van der Waals surface area contributed by atoms with Crippen molar-refractivity contribution >= 4 is 22.9 Å². The number of carbonyl (C=O) groups is 1. The molecular formula is C21H14FN3O. The van der Waals surface area contributed by atoms with E-state index >= 15 is 0 Å². The number of nitrogens with zero attached hydrogens (tertiary/aromatic N) is 2. The van der Waals surface area contributed by atoms with Crippen LogP contribution < -0.4 is 0 Å². The maximum atomic E-state index is 14.4. The fourth-order valence-electron chi connectivity index (χ4n) is 2.80. The molecule has 0 saturated carbocycles. The summed E-state index contributed by atoms with van der Waals surface area (Å²) in [5.74, 6) is -0.592. The molecule has 0 atom stereocenters. The van der Waals surface area contributed by atoms with Gasteiger partial charge < -0.3 is 4.98 Å². The van der Waals surface area contributed by atoms with E-state index in [9.17, 15) is 9.18 Å². The van der Waals surface area contributed by atoms with Crippen molar-refractivity contribution in [3.05, 3.63) is 90.3 Å². The predicted molar refractivity (Wildman–Crippen MR) is 99.1 cm³/mol. The fraction of sp³-hybridized carbons (Fsp3) is 0. The Bertz CT molecular complexity index is 1120. The second kappa shape index (κ2) is 6.72. The monoisotopic (exact) mass is 343 g/mol. The molecule has 5 heteroatoms. The molecule has 0 aliphatic carbocycles. The van der Waals surface area contributed by atoms with Gasteiger partial charge in [0.2, 0.25) is 0 Å². The number of carbonyl (C=O) groups excluding carboxylic acids is 1. The summed E-state index contributed by atoms with van der Waals surface area (Å²) in [6, 6.07) is 12.2. The highest BCUT2D eigenvalue weighted by Crippen LogP contribution is 2.22. The molecule has 4 nitrogen and oxygen atoms in total. The number of fused-ring (bicyclic) bond motifs is 1. The van der Waals surface area contributed by atoms with Gasteiger partial charge in [0.1, 0.15) is 11.5 Å². The number of nitrogens with one attached hydrogen (secondary N) is 1. The molecular weight excluding hydrogens is 329 g/mol. The van der Waals surface area contributed by atoms with Gasteiger partial charge in [-0.25, -0.2) is 9.37 Å². The summed E-state index contributed by atoms with van der Waals surface area (Å²) in [4.78, 5) is 23.5. The minimum atomic E-state index is -0.385. The molecule has 126 valence electrons. The van der Waals surface area contributed by atoms with Gasteiger partial charge in [0, 0.05) is 41.3 Å². The normalized spacial score (nSPS) is 11.3. The Hall–Kier alpha value is -3.60. The number of hydrogen-bond acceptors (Lipinski definition) is 3. The fourth-order valence-corrected chi connectivity index (χ4v) is 2.80. The number of H-pyrrole nitrogens is 1. The lowest BCUT2D eigenvalue weighted by molar-refractivity contribution is 0.104. The first-order chi connectivity index (χ1) is 12.7. The van der Waals surface area contributed by atoms with Crippen LogP contribution in [0, 0.1) is 5.82 Å². The number of hydrogen-bond donors (Lipinski definition) is 1. The van der Waals surface area contributed by atoms with Crippen LogP contribution in [0.2, 0.25) is 0 Å². The molecule has 0 saturated heterocycles. The lowest BCUT2D eigenvalue weighted by Crippen LogP contribution is -1.93. The van der Waals surface area contributed by atoms with Crippen LogP contribution in [0.15, 0.2) is 73.3 Å². The van der Waals surface area contributed by atoms with Gasteiger partial charge >= 0.3 is 0 Å². The van der Waals surface area contributed by atoms with Crippen molar-refractivity contribution in [2.24, 2.45) is 0 Å². The first-order valence-corrected chi connectivity index (χ1v) is 8.07. The first-order valence-electron chi connectivity index (χ1n) is 8.07. The molecule has 0 radical (unpaired) electrons. The number of benzene rings is 1. The lowest BCUT2D eigenvalue weighted by atomic mass is 10.0. The van der Waals surface area contributed by atoms with Gasteiger partial charge in [0.15, 0.2) is 5.78 Å². The van der Waals surface area contributed by atoms with Crippen LogP contribution >= 0.6 is 0 Å². The van der Waals surface area contributed by atoms with Crippen molar-refractivity contribution in [2.45, 2.75) is 0 Å². The van der Waals surface area contributed by atoms with Gasteiger partial charge in [0.05, 0.1) is 0 Å². The molecule has 0 aliphatic heterocycles. The highest BCUT2D eigenvalue weighted by atomic mass is 19.1. The number of halogens is 1. The molecule has 0 spiro atoms. The van der Waals surface area contributed by atoms with Crippen molar-refractivity contribution in [1.82, 2.24) is 15.0 Å². The molecule has 26 heavy (non-hydrogen) atoms. The van der Waals surface area contributed by atoms with Gasteiger partial charge in [-0.3, -0.25) is 9.78 Å². The van der Waals surface area contributed by atoms with E-state index in [4.69, 9.17) is 0 Å². The summed E-state index contributed by atoms with van der Waals surface area (Å²) in [6.07, 6.45) is 9.46. The van der Waals surface area contributed by atoms with E-state index in [0.717, 1.165) is 16.5 Å². The van der Waals surface area contributed by atoms with E-state index in [1.807, 2.05) is 24.3 Å². The third-order valence-electron chi connectivity index (χ3n) is 4.14. The zero-order valence-electron chi connectivity index (χ0n) is 13.7. The smallest absolute Gasteiger partial charge is 0.188 e. The zero-order valence-corrected chi connectivity index (χ0v) is 13.7. The van der Waals surface area contributed by atoms with Crippen molar-refractivity contribution < 1.29 is 9.18 Å². The van der Waals surface area contributed by atoms with E-state index in [1.54, 1.807) is 36.9 Å². The summed E-state index contributed by atoms with van der Waals surface area (Å²) in [5, 5.41) is 0.746. The number of ketones is 1. The summed E-state index contributed by atoms with van der Waals surface area (Å²) < 4.78 is 14.4. The highest BCUT2D eigenvalue weighted by Gasteiger charge is 2.10. The summed E-state index contributed by atoms with van der Waals surface area (Å²) in [6.45, 7) is 0. The van der Waals surface area contributed by atoms with Crippen molar-refractivity contribution in [1.29, 1.82) is 0 Å². The van der Waals surface area contributed by atoms with Crippen molar-refractivity contribution in [2.75, 3.05) is 0 Å². The predicted octanol–water partition coefficient (Wildman–Crippen LogP) is 4.66.